The number of rotatable bonds is 11. The molecule has 0 atom stereocenters. The summed E-state index contributed by atoms with van der Waals surface area (Å²) in [6, 6.07) is 26.9. The monoisotopic (exact) mass is 496 g/mol. The van der Waals surface area contributed by atoms with E-state index in [1.807, 2.05) is 66.7 Å². The second-order valence-electron chi connectivity index (χ2n) is 8.29. The fourth-order valence-corrected chi connectivity index (χ4v) is 3.46. The third kappa shape index (κ3) is 8.11. The standard InChI is InChI=1S/C30H28N2O5/c1-22(2)29(34)36-15-16-37-30(35)26(19-31)17-25-13-14-27(18-28(25)33)32(20-23-9-5-3-6-10-23)21-24-11-7-4-8-12-24/h3-14,17-18,33H,1,15-16,20-21H2,2H3. The Morgan fingerprint density at radius 3 is 1.95 bits per heavy atom. The number of carbonyl (C=O) groups is 2. The fourth-order valence-electron chi connectivity index (χ4n) is 3.46. The minimum Gasteiger partial charge on any atom is -0.507 e. The number of ether oxygens (including phenoxy) is 2. The third-order valence-corrected chi connectivity index (χ3v) is 5.35. The summed E-state index contributed by atoms with van der Waals surface area (Å²) in [5.41, 5.74) is 3.25. The number of phenolic OH excluding ortho intramolecular Hbond substituents is 1. The summed E-state index contributed by atoms with van der Waals surface area (Å²) in [6.07, 6.45) is 1.26. The Bertz CT molecular complexity index is 1270. The van der Waals surface area contributed by atoms with E-state index in [9.17, 15) is 20.0 Å². The van der Waals surface area contributed by atoms with Crippen molar-refractivity contribution in [1.29, 1.82) is 5.26 Å². The lowest BCUT2D eigenvalue weighted by molar-refractivity contribution is -0.147. The minimum atomic E-state index is -0.882. The molecule has 7 nitrogen and oxygen atoms in total. The highest BCUT2D eigenvalue weighted by Crippen LogP contribution is 2.29. The largest absolute Gasteiger partial charge is 0.507 e. The van der Waals surface area contributed by atoms with Gasteiger partial charge in [0.05, 0.1) is 0 Å². The van der Waals surface area contributed by atoms with Crippen molar-refractivity contribution >= 4 is 23.7 Å². The summed E-state index contributed by atoms with van der Waals surface area (Å²) in [5.74, 6) is -1.56. The molecule has 188 valence electrons. The molecule has 0 radical (unpaired) electrons. The van der Waals surface area contributed by atoms with Crippen molar-refractivity contribution in [3.05, 3.63) is 113 Å². The van der Waals surface area contributed by atoms with Crippen molar-refractivity contribution in [1.82, 2.24) is 0 Å². The topological polar surface area (TPSA) is 99.9 Å². The Morgan fingerprint density at radius 2 is 1.46 bits per heavy atom. The quantitative estimate of drug-likeness (QED) is 0.169. The molecular weight excluding hydrogens is 468 g/mol. The van der Waals surface area contributed by atoms with Crippen LogP contribution < -0.4 is 4.90 Å². The Balaban J connectivity index is 1.75. The fraction of sp³-hybridized carbons (Fsp3) is 0.167. The molecule has 0 saturated carbocycles. The molecule has 7 heteroatoms. The van der Waals surface area contributed by atoms with E-state index >= 15 is 0 Å². The van der Waals surface area contributed by atoms with E-state index in [1.54, 1.807) is 18.2 Å². The van der Waals surface area contributed by atoms with Crippen molar-refractivity contribution in [2.24, 2.45) is 0 Å². The number of benzene rings is 3. The number of carbonyl (C=O) groups excluding carboxylic acids is 2. The van der Waals surface area contributed by atoms with Crippen molar-refractivity contribution in [3.8, 4) is 11.8 Å². The first-order chi connectivity index (χ1) is 17.9. The zero-order valence-corrected chi connectivity index (χ0v) is 20.6. The zero-order valence-electron chi connectivity index (χ0n) is 20.6. The van der Waals surface area contributed by atoms with Gasteiger partial charge >= 0.3 is 11.9 Å². The first-order valence-electron chi connectivity index (χ1n) is 11.6. The highest BCUT2D eigenvalue weighted by atomic mass is 16.6. The van der Waals surface area contributed by atoms with E-state index in [-0.39, 0.29) is 30.1 Å². The molecule has 37 heavy (non-hydrogen) atoms. The van der Waals surface area contributed by atoms with Crippen molar-refractivity contribution < 1.29 is 24.2 Å². The van der Waals surface area contributed by atoms with E-state index in [0.717, 1.165) is 16.8 Å². The van der Waals surface area contributed by atoms with E-state index in [4.69, 9.17) is 9.47 Å². The first kappa shape index (κ1) is 26.8. The lowest BCUT2D eigenvalue weighted by atomic mass is 10.1. The van der Waals surface area contributed by atoms with Crippen LogP contribution in [0.2, 0.25) is 0 Å². The molecule has 0 aromatic heterocycles. The van der Waals surface area contributed by atoms with Crippen molar-refractivity contribution in [2.75, 3.05) is 18.1 Å². The lowest BCUT2D eigenvalue weighted by Crippen LogP contribution is -2.22. The number of nitriles is 1. The van der Waals surface area contributed by atoms with Crippen LogP contribution in [0, 0.1) is 11.3 Å². The third-order valence-electron chi connectivity index (χ3n) is 5.35. The predicted octanol–water partition coefficient (Wildman–Crippen LogP) is 5.17. The molecule has 0 fully saturated rings. The summed E-state index contributed by atoms with van der Waals surface area (Å²) >= 11 is 0. The van der Waals surface area contributed by atoms with Gasteiger partial charge in [0.25, 0.3) is 0 Å². The van der Waals surface area contributed by atoms with E-state index in [2.05, 4.69) is 11.5 Å². The van der Waals surface area contributed by atoms with Crippen molar-refractivity contribution in [2.45, 2.75) is 20.0 Å². The molecule has 3 rings (SSSR count). The average Bonchev–Trinajstić information content (AvgIpc) is 2.91. The molecule has 0 bridgehead atoms. The zero-order chi connectivity index (χ0) is 26.6. The van der Waals surface area contributed by atoms with Crippen molar-refractivity contribution in [3.63, 3.8) is 0 Å². The van der Waals surface area contributed by atoms with Gasteiger partial charge in [-0.2, -0.15) is 5.26 Å². The number of hydrogen-bond donors (Lipinski definition) is 1. The maximum atomic E-state index is 12.3. The van der Waals surface area contributed by atoms with Crippen LogP contribution in [-0.2, 0) is 32.2 Å². The van der Waals surface area contributed by atoms with Crippen LogP contribution in [0.3, 0.4) is 0 Å². The number of aromatic hydroxyl groups is 1. The van der Waals surface area contributed by atoms with E-state index < -0.39 is 11.9 Å². The summed E-state index contributed by atoms with van der Waals surface area (Å²) in [6.45, 7) is 5.84. The molecule has 0 saturated heterocycles. The van der Waals surface area contributed by atoms with E-state index in [1.165, 1.54) is 13.0 Å². The van der Waals surface area contributed by atoms with Crippen LogP contribution in [0.15, 0.2) is 96.6 Å². The van der Waals surface area contributed by atoms with Gasteiger partial charge in [0.1, 0.15) is 30.6 Å². The molecule has 0 aliphatic heterocycles. The molecule has 0 amide bonds. The smallest absolute Gasteiger partial charge is 0.349 e. The number of esters is 2. The summed E-state index contributed by atoms with van der Waals surface area (Å²) in [7, 11) is 0. The number of hydrogen-bond acceptors (Lipinski definition) is 7. The maximum Gasteiger partial charge on any atom is 0.349 e. The van der Waals surface area contributed by atoms with Gasteiger partial charge in [-0.25, -0.2) is 9.59 Å². The highest BCUT2D eigenvalue weighted by molar-refractivity contribution is 5.98. The summed E-state index contributed by atoms with van der Waals surface area (Å²) < 4.78 is 9.87. The second-order valence-corrected chi connectivity index (χ2v) is 8.29. The van der Waals surface area contributed by atoms with Gasteiger partial charge in [-0.15, -0.1) is 0 Å². The van der Waals surface area contributed by atoms with Crippen LogP contribution in [0.25, 0.3) is 6.08 Å². The molecule has 0 unspecified atom stereocenters. The number of nitrogens with zero attached hydrogens (tertiary/aromatic N) is 2. The molecule has 3 aromatic rings. The molecule has 0 aliphatic rings. The van der Waals surface area contributed by atoms with Gasteiger partial charge in [-0.05, 0) is 36.3 Å². The van der Waals surface area contributed by atoms with Gasteiger partial charge in [-0.1, -0.05) is 67.2 Å². The van der Waals surface area contributed by atoms with E-state index in [0.29, 0.717) is 18.7 Å². The minimum absolute atomic E-state index is 0.0837. The highest BCUT2D eigenvalue weighted by Gasteiger charge is 2.15. The van der Waals surface area contributed by atoms with Crippen LogP contribution >= 0.6 is 0 Å². The lowest BCUT2D eigenvalue weighted by Gasteiger charge is -2.26. The van der Waals surface area contributed by atoms with Gasteiger partial charge < -0.3 is 19.5 Å². The van der Waals surface area contributed by atoms with Gasteiger partial charge in [0.2, 0.25) is 0 Å². The Kier molecular flexibility index (Phi) is 9.63. The molecular formula is C30H28N2O5. The van der Waals surface area contributed by atoms with Crippen LogP contribution in [0.1, 0.15) is 23.6 Å². The molecule has 0 aliphatic carbocycles. The maximum absolute atomic E-state index is 12.3. The molecule has 3 aromatic carbocycles. The van der Waals surface area contributed by atoms with Gasteiger partial charge in [-0.3, -0.25) is 0 Å². The van der Waals surface area contributed by atoms with Crippen LogP contribution in [0.5, 0.6) is 5.75 Å². The predicted molar refractivity (Wildman–Crippen MR) is 141 cm³/mol. The Morgan fingerprint density at radius 1 is 0.919 bits per heavy atom. The van der Waals surface area contributed by atoms with Gasteiger partial charge in [0, 0.05) is 36.0 Å². The Labute approximate surface area is 216 Å². The molecule has 1 N–H and O–H groups in total. The van der Waals surface area contributed by atoms with Crippen LogP contribution in [-0.4, -0.2) is 30.3 Å². The SMILES string of the molecule is C=C(C)C(=O)OCCOC(=O)C(C#N)=Cc1ccc(N(Cc2ccccc2)Cc2ccccc2)cc1O. The summed E-state index contributed by atoms with van der Waals surface area (Å²) in [4.78, 5) is 25.8. The van der Waals surface area contributed by atoms with Crippen LogP contribution in [0.4, 0.5) is 5.69 Å². The molecule has 0 heterocycles. The molecule has 0 spiro atoms. The summed E-state index contributed by atoms with van der Waals surface area (Å²) in [5, 5.41) is 20.2. The van der Waals surface area contributed by atoms with Gasteiger partial charge in [0.15, 0.2) is 0 Å². The normalized spacial score (nSPS) is 10.8. The average molecular weight is 497 g/mol. The number of phenols is 1. The number of anilines is 1. The Hall–Kier alpha value is -4.83. The first-order valence-corrected chi connectivity index (χ1v) is 11.6. The second kappa shape index (κ2) is 13.3.